The first-order valence-corrected chi connectivity index (χ1v) is 6.77. The van der Waals surface area contributed by atoms with Crippen LogP contribution in [0.5, 0.6) is 0 Å². The number of urea groups is 1. The van der Waals surface area contributed by atoms with Gasteiger partial charge in [-0.2, -0.15) is 4.98 Å². The van der Waals surface area contributed by atoms with E-state index >= 15 is 0 Å². The van der Waals surface area contributed by atoms with Gasteiger partial charge < -0.3 is 29.8 Å². The maximum absolute atomic E-state index is 10.7. The van der Waals surface area contributed by atoms with Gasteiger partial charge in [0.05, 0.1) is 19.3 Å². The Kier molecular flexibility index (Phi) is 5.90. The third-order valence-corrected chi connectivity index (χ3v) is 3.04. The van der Waals surface area contributed by atoms with Crippen molar-refractivity contribution in [3.8, 4) is 0 Å². The molecule has 21 heavy (non-hydrogen) atoms. The van der Waals surface area contributed by atoms with Gasteiger partial charge in [-0.25, -0.2) is 4.79 Å². The summed E-state index contributed by atoms with van der Waals surface area (Å²) < 4.78 is 21.0. The third-order valence-electron chi connectivity index (χ3n) is 3.04. The molecule has 1 aromatic heterocycles. The van der Waals surface area contributed by atoms with Crippen LogP contribution in [0.15, 0.2) is 4.52 Å². The first-order chi connectivity index (χ1) is 10.2. The van der Waals surface area contributed by atoms with Gasteiger partial charge in [-0.15, -0.1) is 0 Å². The molecule has 2 rings (SSSR count). The van der Waals surface area contributed by atoms with Gasteiger partial charge in [0.15, 0.2) is 0 Å². The molecule has 0 bridgehead atoms. The van der Waals surface area contributed by atoms with Crippen LogP contribution in [0.4, 0.5) is 4.79 Å². The molecule has 0 saturated carbocycles. The van der Waals surface area contributed by atoms with Gasteiger partial charge in [-0.1, -0.05) is 5.16 Å². The van der Waals surface area contributed by atoms with Gasteiger partial charge in [0.25, 0.3) is 5.89 Å². The monoisotopic (exact) mass is 300 g/mol. The van der Waals surface area contributed by atoms with E-state index in [4.69, 9.17) is 24.5 Å². The second-order valence-electron chi connectivity index (χ2n) is 4.66. The van der Waals surface area contributed by atoms with E-state index < -0.39 is 6.03 Å². The normalized spacial score (nSPS) is 21.6. The lowest BCUT2D eigenvalue weighted by Crippen LogP contribution is -2.35. The lowest BCUT2D eigenvalue weighted by Gasteiger charge is -2.11. The number of carbonyl (C=O) groups is 1. The van der Waals surface area contributed by atoms with E-state index in [1.54, 1.807) is 7.11 Å². The van der Waals surface area contributed by atoms with Crippen molar-refractivity contribution in [3.63, 3.8) is 0 Å². The van der Waals surface area contributed by atoms with Gasteiger partial charge in [-0.05, 0) is 12.8 Å². The van der Waals surface area contributed by atoms with Crippen LogP contribution in [0, 0.1) is 0 Å². The molecule has 1 saturated heterocycles. The highest BCUT2D eigenvalue weighted by Crippen LogP contribution is 2.30. The minimum atomic E-state index is -0.558. The Bertz CT molecular complexity index is 453. The lowest BCUT2D eigenvalue weighted by atomic mass is 10.2. The van der Waals surface area contributed by atoms with E-state index in [1.165, 1.54) is 0 Å². The molecule has 0 aliphatic carbocycles. The largest absolute Gasteiger partial charge is 0.382 e. The summed E-state index contributed by atoms with van der Waals surface area (Å²) in [6.07, 6.45) is 1.27. The fraction of sp³-hybridized carbons (Fsp3) is 0.750. The Balaban J connectivity index is 1.75. The third kappa shape index (κ3) is 4.96. The van der Waals surface area contributed by atoms with E-state index in [0.717, 1.165) is 12.8 Å². The molecule has 2 amide bonds. The first kappa shape index (κ1) is 15.7. The van der Waals surface area contributed by atoms with Crippen LogP contribution >= 0.6 is 0 Å². The highest BCUT2D eigenvalue weighted by Gasteiger charge is 2.30. The number of aromatic nitrogens is 2. The number of rotatable bonds is 8. The van der Waals surface area contributed by atoms with Crippen LogP contribution in [0.25, 0.3) is 0 Å². The van der Waals surface area contributed by atoms with Crippen LogP contribution in [0.3, 0.4) is 0 Å². The maximum atomic E-state index is 10.7. The van der Waals surface area contributed by atoms with Gasteiger partial charge >= 0.3 is 6.03 Å². The molecule has 9 heteroatoms. The van der Waals surface area contributed by atoms with E-state index in [-0.39, 0.29) is 18.8 Å². The number of nitrogens with one attached hydrogen (secondary N) is 1. The van der Waals surface area contributed by atoms with Gasteiger partial charge in [-0.3, -0.25) is 0 Å². The number of carbonyl (C=O) groups excluding carboxylic acids is 1. The van der Waals surface area contributed by atoms with Crippen molar-refractivity contribution in [2.75, 3.05) is 26.9 Å². The molecular formula is C12H20N4O5. The zero-order valence-corrected chi connectivity index (χ0v) is 11.9. The lowest BCUT2D eigenvalue weighted by molar-refractivity contribution is 0.0402. The molecule has 0 spiro atoms. The zero-order chi connectivity index (χ0) is 15.1. The van der Waals surface area contributed by atoms with Crippen molar-refractivity contribution in [2.45, 2.75) is 31.7 Å². The smallest absolute Gasteiger partial charge is 0.312 e. The van der Waals surface area contributed by atoms with Gasteiger partial charge in [0, 0.05) is 13.7 Å². The second-order valence-corrected chi connectivity index (χ2v) is 4.66. The quantitative estimate of drug-likeness (QED) is 0.654. The van der Waals surface area contributed by atoms with E-state index in [1.807, 2.05) is 0 Å². The summed E-state index contributed by atoms with van der Waals surface area (Å²) in [6, 6.07) is -0.558. The molecule has 0 aromatic carbocycles. The van der Waals surface area contributed by atoms with E-state index in [0.29, 0.717) is 31.5 Å². The molecule has 1 aliphatic rings. The van der Waals surface area contributed by atoms with Crippen molar-refractivity contribution >= 4 is 6.03 Å². The van der Waals surface area contributed by atoms with Crippen LogP contribution in [0.2, 0.25) is 0 Å². The Morgan fingerprint density at radius 3 is 3.10 bits per heavy atom. The summed E-state index contributed by atoms with van der Waals surface area (Å²) in [5.74, 6) is 0.908. The summed E-state index contributed by atoms with van der Waals surface area (Å²) in [7, 11) is 1.61. The summed E-state index contributed by atoms with van der Waals surface area (Å²) in [5, 5.41) is 6.41. The van der Waals surface area contributed by atoms with Gasteiger partial charge in [0.2, 0.25) is 5.82 Å². The number of nitrogens with two attached hydrogens (primary N) is 1. The Hall–Kier alpha value is -1.71. The fourth-order valence-corrected chi connectivity index (χ4v) is 2.02. The molecule has 2 unspecified atom stereocenters. The van der Waals surface area contributed by atoms with Crippen molar-refractivity contribution in [1.82, 2.24) is 15.5 Å². The number of methoxy groups -OCH3 is 1. The molecule has 1 fully saturated rings. The SMILES string of the molecule is COCCOCc1nc(C2CCC(CNC(N)=O)O2)no1. The second kappa shape index (κ2) is 7.91. The highest BCUT2D eigenvalue weighted by molar-refractivity contribution is 5.71. The van der Waals surface area contributed by atoms with Crippen molar-refractivity contribution in [2.24, 2.45) is 5.73 Å². The Morgan fingerprint density at radius 1 is 1.48 bits per heavy atom. The molecule has 9 nitrogen and oxygen atoms in total. The minimum absolute atomic E-state index is 0.0811. The van der Waals surface area contributed by atoms with Crippen molar-refractivity contribution < 1.29 is 23.5 Å². The molecule has 2 heterocycles. The molecule has 0 radical (unpaired) electrons. The topological polar surface area (TPSA) is 122 Å². The van der Waals surface area contributed by atoms with Gasteiger partial charge in [0.1, 0.15) is 12.7 Å². The predicted octanol–water partition coefficient (Wildman–Crippen LogP) is 0.121. The fourth-order valence-electron chi connectivity index (χ4n) is 2.02. The Labute approximate surface area is 122 Å². The minimum Gasteiger partial charge on any atom is -0.382 e. The molecule has 2 atom stereocenters. The Morgan fingerprint density at radius 2 is 2.33 bits per heavy atom. The number of primary amides is 1. The molecule has 1 aliphatic heterocycles. The number of hydrogen-bond donors (Lipinski definition) is 2. The van der Waals surface area contributed by atoms with Crippen LogP contribution in [-0.4, -0.2) is 49.1 Å². The summed E-state index contributed by atoms with van der Waals surface area (Å²) in [5.41, 5.74) is 5.02. The molecular weight excluding hydrogens is 280 g/mol. The van der Waals surface area contributed by atoms with Crippen LogP contribution in [0.1, 0.15) is 30.7 Å². The number of nitrogens with zero attached hydrogens (tertiary/aromatic N) is 2. The molecule has 3 N–H and O–H groups in total. The summed E-state index contributed by atoms with van der Waals surface area (Å²) in [4.78, 5) is 14.9. The molecule has 118 valence electrons. The molecule has 1 aromatic rings. The highest BCUT2D eigenvalue weighted by atomic mass is 16.5. The summed E-state index contributed by atoms with van der Waals surface area (Å²) in [6.45, 7) is 1.61. The number of hydrogen-bond acceptors (Lipinski definition) is 7. The number of ether oxygens (including phenoxy) is 3. The average Bonchev–Trinajstić information content (AvgIpc) is 3.10. The zero-order valence-electron chi connectivity index (χ0n) is 11.9. The average molecular weight is 300 g/mol. The van der Waals surface area contributed by atoms with E-state index in [2.05, 4.69) is 15.5 Å². The first-order valence-electron chi connectivity index (χ1n) is 6.77. The van der Waals surface area contributed by atoms with Crippen LogP contribution in [-0.2, 0) is 20.8 Å². The van der Waals surface area contributed by atoms with E-state index in [9.17, 15) is 4.79 Å². The number of amides is 2. The van der Waals surface area contributed by atoms with Crippen molar-refractivity contribution in [3.05, 3.63) is 11.7 Å². The standard InChI is InChI=1S/C12H20N4O5/c1-18-4-5-19-7-10-15-11(16-21-10)9-3-2-8(20-9)6-14-12(13)17/h8-9H,2-7H2,1H3,(H3,13,14,17). The van der Waals surface area contributed by atoms with Crippen molar-refractivity contribution in [1.29, 1.82) is 0 Å². The maximum Gasteiger partial charge on any atom is 0.312 e. The van der Waals surface area contributed by atoms with Crippen LogP contribution < -0.4 is 11.1 Å². The predicted molar refractivity (Wildman–Crippen MR) is 70.3 cm³/mol. The summed E-state index contributed by atoms with van der Waals surface area (Å²) >= 11 is 0.